The van der Waals surface area contributed by atoms with Crippen molar-refractivity contribution >= 4 is 0 Å². The normalized spacial score (nSPS) is 18.2. The monoisotopic (exact) mass is 178 g/mol. The molecule has 0 aliphatic heterocycles. The number of hydrogen-bond acceptors (Lipinski definition) is 0. The lowest BCUT2D eigenvalue weighted by molar-refractivity contribution is 0.478. The molecule has 1 rings (SSSR count). The van der Waals surface area contributed by atoms with Gasteiger partial charge < -0.3 is 0 Å². The van der Waals surface area contributed by atoms with Gasteiger partial charge in [-0.2, -0.15) is 0 Å². The van der Waals surface area contributed by atoms with Gasteiger partial charge in [0.15, 0.2) is 0 Å². The van der Waals surface area contributed by atoms with Crippen molar-refractivity contribution in [3.05, 3.63) is 23.3 Å². The van der Waals surface area contributed by atoms with E-state index >= 15 is 0 Å². The molecule has 1 aliphatic rings. The van der Waals surface area contributed by atoms with Crippen molar-refractivity contribution in [2.75, 3.05) is 0 Å². The van der Waals surface area contributed by atoms with Crippen molar-refractivity contribution in [3.8, 4) is 0 Å². The van der Waals surface area contributed by atoms with Crippen LogP contribution in [-0.4, -0.2) is 0 Å². The van der Waals surface area contributed by atoms with Gasteiger partial charge in [0.2, 0.25) is 0 Å². The first-order chi connectivity index (χ1) is 6.04. The lowest BCUT2D eigenvalue weighted by Gasteiger charge is -2.25. The van der Waals surface area contributed by atoms with Gasteiger partial charge in [-0.3, -0.25) is 0 Å². The van der Waals surface area contributed by atoms with Crippen LogP contribution in [0.25, 0.3) is 0 Å². The van der Waals surface area contributed by atoms with Crippen LogP contribution >= 0.6 is 0 Å². The van der Waals surface area contributed by atoms with E-state index in [0.717, 1.165) is 0 Å². The summed E-state index contributed by atoms with van der Waals surface area (Å²) >= 11 is 0. The molecule has 0 aromatic heterocycles. The SMILES string of the molecule is CCCC1=CC=C(C(C)(C)C)CC1. The van der Waals surface area contributed by atoms with Crippen molar-refractivity contribution in [2.24, 2.45) is 5.41 Å². The first-order valence-electron chi connectivity index (χ1n) is 5.43. The summed E-state index contributed by atoms with van der Waals surface area (Å²) < 4.78 is 0. The Bertz CT molecular complexity index is 223. The zero-order valence-electron chi connectivity index (χ0n) is 9.48. The highest BCUT2D eigenvalue weighted by molar-refractivity contribution is 5.27. The van der Waals surface area contributed by atoms with Gasteiger partial charge >= 0.3 is 0 Å². The van der Waals surface area contributed by atoms with Crippen LogP contribution in [0.15, 0.2) is 23.3 Å². The summed E-state index contributed by atoms with van der Waals surface area (Å²) in [6.45, 7) is 9.16. The van der Waals surface area contributed by atoms with Gasteiger partial charge in [-0.15, -0.1) is 0 Å². The molecule has 0 unspecified atom stereocenters. The molecule has 0 nitrogen and oxygen atoms in total. The summed E-state index contributed by atoms with van der Waals surface area (Å²) in [6.07, 6.45) is 9.81. The summed E-state index contributed by atoms with van der Waals surface area (Å²) in [5.74, 6) is 0. The second-order valence-electron chi connectivity index (χ2n) is 5.02. The Morgan fingerprint density at radius 2 is 1.85 bits per heavy atom. The molecule has 0 bridgehead atoms. The largest absolute Gasteiger partial charge is 0.0699 e. The van der Waals surface area contributed by atoms with Crippen LogP contribution in [0.4, 0.5) is 0 Å². The molecular weight excluding hydrogens is 156 g/mol. The van der Waals surface area contributed by atoms with Gasteiger partial charge in [0.25, 0.3) is 0 Å². The predicted molar refractivity (Wildman–Crippen MR) is 59.8 cm³/mol. The topological polar surface area (TPSA) is 0 Å². The summed E-state index contributed by atoms with van der Waals surface area (Å²) in [6, 6.07) is 0. The van der Waals surface area contributed by atoms with Crippen LogP contribution in [0, 0.1) is 5.41 Å². The van der Waals surface area contributed by atoms with E-state index in [9.17, 15) is 0 Å². The van der Waals surface area contributed by atoms with Crippen molar-refractivity contribution in [1.82, 2.24) is 0 Å². The van der Waals surface area contributed by atoms with E-state index in [-0.39, 0.29) is 0 Å². The Labute approximate surface area is 82.7 Å². The second kappa shape index (κ2) is 4.13. The first-order valence-corrected chi connectivity index (χ1v) is 5.43. The van der Waals surface area contributed by atoms with Gasteiger partial charge in [-0.1, -0.05) is 57.4 Å². The Morgan fingerprint density at radius 1 is 1.15 bits per heavy atom. The Kier molecular flexibility index (Phi) is 3.35. The minimum atomic E-state index is 0.369. The van der Waals surface area contributed by atoms with Crippen LogP contribution in [0.3, 0.4) is 0 Å². The standard InChI is InChI=1S/C13H22/c1-5-6-11-7-9-12(10-8-11)13(2,3)4/h7,9H,5-6,8,10H2,1-4H3. The summed E-state index contributed by atoms with van der Waals surface area (Å²) in [4.78, 5) is 0. The van der Waals surface area contributed by atoms with E-state index in [1.54, 1.807) is 11.1 Å². The molecular formula is C13H22. The van der Waals surface area contributed by atoms with E-state index in [2.05, 4.69) is 39.8 Å². The molecule has 0 heterocycles. The van der Waals surface area contributed by atoms with Crippen LogP contribution in [0.1, 0.15) is 53.4 Å². The van der Waals surface area contributed by atoms with Crippen LogP contribution in [-0.2, 0) is 0 Å². The van der Waals surface area contributed by atoms with Crippen LogP contribution in [0.5, 0.6) is 0 Å². The van der Waals surface area contributed by atoms with E-state index < -0.39 is 0 Å². The molecule has 0 saturated carbocycles. The molecule has 74 valence electrons. The zero-order chi connectivity index (χ0) is 9.90. The molecule has 0 radical (unpaired) electrons. The minimum Gasteiger partial charge on any atom is -0.0699 e. The van der Waals surface area contributed by atoms with E-state index in [1.807, 2.05) is 0 Å². The van der Waals surface area contributed by atoms with Crippen molar-refractivity contribution in [2.45, 2.75) is 53.4 Å². The van der Waals surface area contributed by atoms with Crippen molar-refractivity contribution < 1.29 is 0 Å². The van der Waals surface area contributed by atoms with Gasteiger partial charge in [0, 0.05) is 0 Å². The maximum atomic E-state index is 2.34. The lowest BCUT2D eigenvalue weighted by Crippen LogP contribution is -2.11. The van der Waals surface area contributed by atoms with Crippen molar-refractivity contribution in [1.29, 1.82) is 0 Å². The average Bonchev–Trinajstić information content (AvgIpc) is 2.04. The average molecular weight is 178 g/mol. The van der Waals surface area contributed by atoms with E-state index in [1.165, 1.54) is 25.7 Å². The Balaban J connectivity index is 2.65. The third-order valence-corrected chi connectivity index (χ3v) is 2.77. The fraction of sp³-hybridized carbons (Fsp3) is 0.692. The molecule has 0 spiro atoms. The highest BCUT2D eigenvalue weighted by Crippen LogP contribution is 2.33. The Morgan fingerprint density at radius 3 is 2.23 bits per heavy atom. The molecule has 0 aromatic carbocycles. The summed E-state index contributed by atoms with van der Waals surface area (Å²) in [7, 11) is 0. The molecule has 0 saturated heterocycles. The molecule has 13 heavy (non-hydrogen) atoms. The molecule has 0 heteroatoms. The first kappa shape index (κ1) is 10.6. The lowest BCUT2D eigenvalue weighted by atomic mass is 9.80. The van der Waals surface area contributed by atoms with Gasteiger partial charge in [-0.05, 0) is 24.7 Å². The molecule has 0 atom stereocenters. The highest BCUT2D eigenvalue weighted by atomic mass is 14.2. The van der Waals surface area contributed by atoms with Gasteiger partial charge in [0.05, 0.1) is 0 Å². The maximum absolute atomic E-state index is 2.34. The minimum absolute atomic E-state index is 0.369. The van der Waals surface area contributed by atoms with Crippen LogP contribution in [0.2, 0.25) is 0 Å². The quantitative estimate of drug-likeness (QED) is 0.585. The fourth-order valence-corrected chi connectivity index (χ4v) is 1.83. The third-order valence-electron chi connectivity index (χ3n) is 2.77. The van der Waals surface area contributed by atoms with Gasteiger partial charge in [0.1, 0.15) is 0 Å². The zero-order valence-corrected chi connectivity index (χ0v) is 9.48. The smallest absolute Gasteiger partial charge is 0.0170 e. The number of rotatable bonds is 2. The molecule has 0 aromatic rings. The molecule has 1 aliphatic carbocycles. The van der Waals surface area contributed by atoms with Crippen LogP contribution < -0.4 is 0 Å². The second-order valence-corrected chi connectivity index (χ2v) is 5.02. The summed E-state index contributed by atoms with van der Waals surface area (Å²) in [5, 5.41) is 0. The number of hydrogen-bond donors (Lipinski definition) is 0. The third kappa shape index (κ3) is 3.02. The molecule has 0 amide bonds. The van der Waals surface area contributed by atoms with Gasteiger partial charge in [-0.25, -0.2) is 0 Å². The Hall–Kier alpha value is -0.520. The predicted octanol–water partition coefficient (Wildman–Crippen LogP) is 4.48. The maximum Gasteiger partial charge on any atom is -0.0170 e. The molecule has 0 N–H and O–H groups in total. The molecule has 0 fully saturated rings. The van der Waals surface area contributed by atoms with E-state index in [4.69, 9.17) is 0 Å². The number of allylic oxidation sites excluding steroid dienone is 4. The van der Waals surface area contributed by atoms with Crippen molar-refractivity contribution in [3.63, 3.8) is 0 Å². The highest BCUT2D eigenvalue weighted by Gasteiger charge is 2.18. The summed E-state index contributed by atoms with van der Waals surface area (Å²) in [5.41, 5.74) is 3.61. The van der Waals surface area contributed by atoms with E-state index in [0.29, 0.717) is 5.41 Å². The fourth-order valence-electron chi connectivity index (χ4n) is 1.83.